The van der Waals surface area contributed by atoms with Crippen LogP contribution in [0.2, 0.25) is 0 Å². The number of carbonyl (C=O) groups is 4. The number of allylic oxidation sites excluding steroid dienone is 1. The third-order valence-corrected chi connectivity index (χ3v) is 32.9. The summed E-state index contributed by atoms with van der Waals surface area (Å²) >= 11 is 23.5. The summed E-state index contributed by atoms with van der Waals surface area (Å²) in [7, 11) is 7.71. The molecule has 3 amide bonds. The number of para-hydroxylation sites is 7. The second-order valence-corrected chi connectivity index (χ2v) is 42.6. The number of nitrogens with zero attached hydrogens (tertiary/aromatic N) is 4. The maximum atomic E-state index is 12.3. The summed E-state index contributed by atoms with van der Waals surface area (Å²) in [5.74, 6) is 0.0898. The molecule has 3 atom stereocenters. The topological polar surface area (TPSA) is 313 Å². The molecule has 3 unspecified atom stereocenters. The van der Waals surface area contributed by atoms with Crippen molar-refractivity contribution >= 4 is 213 Å². The predicted molar refractivity (Wildman–Crippen MR) is 601 cm³/mol. The first-order valence-corrected chi connectivity index (χ1v) is 57.6. The summed E-state index contributed by atoms with van der Waals surface area (Å²) < 4.78 is 4.50. The van der Waals surface area contributed by atoms with Gasteiger partial charge >= 0.3 is 18.9 Å². The molecule has 10 N–H and O–H groups in total. The van der Waals surface area contributed by atoms with Gasteiger partial charge in [0.1, 0.15) is 0 Å². The first kappa shape index (κ1) is 119. The number of halogens is 2. The van der Waals surface area contributed by atoms with Crippen LogP contribution in [-0.2, 0) is 105 Å². The summed E-state index contributed by atoms with van der Waals surface area (Å²) in [4.78, 5) is 74.0. The third-order valence-electron chi connectivity index (χ3n) is 21.6. The van der Waals surface area contributed by atoms with Crippen molar-refractivity contribution in [1.29, 1.82) is 0 Å². The fraction of sp³-hybridized carbons (Fsp3) is 0.333. The summed E-state index contributed by atoms with van der Waals surface area (Å²) in [6.45, 7) is 4.67. The molecule has 1 saturated heterocycles. The van der Waals surface area contributed by atoms with Crippen LogP contribution in [0.15, 0.2) is 278 Å². The van der Waals surface area contributed by atoms with E-state index in [1.165, 1.54) is 127 Å². The molecule has 0 spiro atoms. The molecule has 22 nitrogen and oxygen atoms in total. The molecule has 724 valence electrons. The molecule has 0 radical (unpaired) electrons. The van der Waals surface area contributed by atoms with Crippen molar-refractivity contribution < 1.29 is 59.2 Å². The van der Waals surface area contributed by atoms with Crippen LogP contribution in [0.4, 0.5) is 39.8 Å². The van der Waals surface area contributed by atoms with Gasteiger partial charge in [-0.1, -0.05) is 229 Å². The van der Waals surface area contributed by atoms with Crippen LogP contribution in [0.3, 0.4) is 0 Å². The van der Waals surface area contributed by atoms with Gasteiger partial charge in [0.15, 0.2) is 24.4 Å². The van der Waals surface area contributed by atoms with Crippen molar-refractivity contribution in [3.63, 3.8) is 0 Å². The number of thiocarbonyl (C=S) groups is 1. The Labute approximate surface area is 882 Å². The number of nitrogens with two attached hydrogens (primary N) is 1. The summed E-state index contributed by atoms with van der Waals surface area (Å²) in [5.41, 5.74) is 25.7. The van der Waals surface area contributed by atoms with Gasteiger partial charge in [0.05, 0.1) is 46.2 Å². The van der Waals surface area contributed by atoms with E-state index in [-0.39, 0.29) is 68.0 Å². The Kier molecular flexibility index (Phi) is 62.6. The maximum Gasteiger partial charge on any atom is 1.00 e. The van der Waals surface area contributed by atoms with Crippen LogP contribution in [0.25, 0.3) is 0 Å². The number of rotatable bonds is 12. The molecule has 8 heterocycles. The van der Waals surface area contributed by atoms with E-state index in [9.17, 15) is 34.4 Å². The third kappa shape index (κ3) is 48.1. The Bertz CT molecular complexity index is 5510. The number of thioether (sulfide) groups is 1. The molecule has 8 aliphatic rings. The molecule has 0 saturated carbocycles. The minimum absolute atomic E-state index is 0. The monoisotopic (exact) mass is 2160 g/mol. The number of aliphatic imine (C=N–C) groups is 1. The van der Waals surface area contributed by atoms with Crippen LogP contribution >= 0.6 is 72.3 Å². The van der Waals surface area contributed by atoms with Crippen LogP contribution in [0.1, 0.15) is 161 Å². The summed E-state index contributed by atoms with van der Waals surface area (Å²) in [5, 5.41) is 51.9. The number of anilines is 6. The molecule has 10 aromatic carbocycles. The molecule has 35 heteroatoms. The standard InChI is InChI=1S/C20H24N2O2.C18H20N2O.C11H12N2O2.C11H16N2.C11H13NS.C10H11NO.C10H11NS.C7H5ClO.C2H4O.CH3I.CH3NO2.Al.Li.P2S5.4H/c23-14-13-22-18(11-6-10-16-7-4-5-12-19(16)22)15-21-20(24)17-8-2-1-3-9-17;21-18(15-8-2-1-3-9-15)19-13-16-11-6-10-14-7-4-5-12-17(14)20-16;14-13(15)8-10-6-3-5-9-4-1-2-7-11(9)12-10;12-8-10-6-3-5-9-4-1-2-7-11(9)13-10;1-13-11-8-4-6-9-5-2-3-7-10(9)12-11;2*12-10-7-3-5-8-4-1-2-6-9(8)11-10;8-7(9)6-4-2-1-3-5-6;1-2-3-1;1-2;1-2(3)4;;;3-1-2-5-7-6-4;;;;/h1-5,7-9,12,18,23H,6,10-11,13-15H2,(H,21,24);1-5,7-9,12,16,20H,6,10-11,13H2,(H,19,21);1-2,4,7-8,12H,3,5-6H2;1-2,4,7,10,13H,3,5-6,8,12H2;2-3,5,7H,4,6,8H2,1H3;2*1-2,4,6H,3,5,7H2,(H,11,12);1-5H;1-2H2;1H3;1H3;;;;;;;/q;;;;;;;;;;;;+1;;;;;-1/b;;10-8-;;;;;;;;;;;;;;;. The number of carbonyl (C=O) groups excluding carboxylic acids is 4. The molecule has 1 fully saturated rings. The Balaban J connectivity index is 0.000000325. The molecule has 0 aromatic heterocycles. The number of aliphatic hydroxyl groups is 1. The van der Waals surface area contributed by atoms with E-state index in [0.717, 1.165) is 146 Å². The van der Waals surface area contributed by atoms with Crippen LogP contribution < -0.4 is 66.7 Å². The molecule has 18 rings (SSSR count). The first-order valence-electron chi connectivity index (χ1n) is 44.9. The van der Waals surface area contributed by atoms with Gasteiger partial charge in [0, 0.05) is 121 Å². The van der Waals surface area contributed by atoms with Gasteiger partial charge in [-0.3, -0.25) is 39.4 Å². The minimum atomic E-state index is -0.500. The van der Waals surface area contributed by atoms with Gasteiger partial charge in [-0.05, 0) is 307 Å². The Morgan fingerprint density at radius 3 is 1.45 bits per heavy atom. The maximum absolute atomic E-state index is 12.3. The average molecular weight is 2160 g/mol. The van der Waals surface area contributed by atoms with Gasteiger partial charge in [-0.15, -0.1) is 11.8 Å². The van der Waals surface area contributed by atoms with Crippen LogP contribution in [-0.4, -0.2) is 148 Å². The number of hydrogen-bond donors (Lipinski definition) is 9. The normalized spacial score (nSPS) is 15.7. The number of β-amino-alcohol motifs (C(OH)–C–C–N with tert-alkyl or cyclic N) is 1. The number of nitrogens with one attached hydrogen (secondary N) is 7. The summed E-state index contributed by atoms with van der Waals surface area (Å²) in [6, 6.07) is 86.4. The quantitative estimate of drug-likeness (QED) is 0.00632. The van der Waals surface area contributed by atoms with Crippen LogP contribution in [0.5, 0.6) is 0 Å². The SMILES string of the molecule is C1CO1.CI.CSC1=Nc2ccccc2CCC1.C[N+](=O)[O-].NCC1CCCc2ccccc2N1.O=C(Cl)c1ccccc1.O=C(NCC1CCCc2ccccc2N1)c1ccccc1.O=C(NCC1CCCc2ccccc2N1CCO)c1ccccc1.O=C1CCCc2ccccc2N1.O=[N+]([O-])/C=C1/CCCc2ccccc2N1.S=C1CCCc2ccccc2N1.S=PP=S=S=S=S.[AlH3].[H-].[Li+]. The van der Waals surface area contributed by atoms with Crippen molar-refractivity contribution in [1.82, 2.24) is 10.6 Å². The number of aryl methyl sites for hydroxylation is 7. The fourth-order valence-electron chi connectivity index (χ4n) is 15.1. The molecule has 10 aromatic rings. The van der Waals surface area contributed by atoms with Crippen molar-refractivity contribution in [3.8, 4) is 0 Å². The number of benzene rings is 10. The number of epoxide rings is 1. The van der Waals surface area contributed by atoms with Crippen LogP contribution in [0, 0.1) is 20.2 Å². The first-order chi connectivity index (χ1) is 65.8. The summed E-state index contributed by atoms with van der Waals surface area (Å²) in [6.07, 6.45) is 25.4. The Morgan fingerprint density at radius 1 is 0.562 bits per heavy atom. The minimum Gasteiger partial charge on any atom is -1.00 e. The number of hydrogen-bond acceptors (Lipinski definition) is 20. The number of ether oxygens (including phenoxy) is 1. The predicted octanol–water partition coefficient (Wildman–Crippen LogP) is 19.0. The van der Waals surface area contributed by atoms with Gasteiger partial charge in [-0.2, -0.15) is 0 Å². The molecular weight excluding hydrogens is 2040 g/mol. The van der Waals surface area contributed by atoms with E-state index in [0.29, 0.717) is 60.5 Å². The van der Waals surface area contributed by atoms with Crippen molar-refractivity contribution in [2.24, 2.45) is 10.7 Å². The molecule has 137 heavy (non-hydrogen) atoms. The zero-order valence-corrected chi connectivity index (χ0v) is 87.8. The van der Waals surface area contributed by atoms with E-state index in [2.05, 4.69) is 225 Å². The van der Waals surface area contributed by atoms with E-state index in [4.69, 9.17) is 39.7 Å². The second-order valence-electron chi connectivity index (χ2n) is 31.2. The Morgan fingerprint density at radius 2 is 0.964 bits per heavy atom. The van der Waals surface area contributed by atoms with E-state index < -0.39 is 15.1 Å². The molecule has 0 aliphatic carbocycles. The molecular formula is C102H126AlClILiN12O10P2S7. The zero-order chi connectivity index (χ0) is 96.8. The van der Waals surface area contributed by atoms with Crippen molar-refractivity contribution in [2.75, 3.05) is 95.7 Å². The average Bonchev–Trinajstić information content (AvgIpc) is 1.62. The largest absolute Gasteiger partial charge is 1.00 e. The number of nitro groups is 2. The smallest absolute Gasteiger partial charge is 1.00 e. The van der Waals surface area contributed by atoms with Gasteiger partial charge < -0.3 is 59.1 Å². The fourth-order valence-corrected chi connectivity index (χ4v) is 25.6. The second kappa shape index (κ2) is 72.0. The van der Waals surface area contributed by atoms with Gasteiger partial charge in [0.2, 0.25) is 5.91 Å². The number of alkyl halides is 1. The zero-order valence-electron chi connectivity index (χ0n) is 78.4. The molecule has 0 bridgehead atoms. The number of fused-ring (bicyclic) bond motifs is 7. The van der Waals surface area contributed by atoms with Gasteiger partial charge in [0.25, 0.3) is 23.3 Å². The van der Waals surface area contributed by atoms with Crippen molar-refractivity contribution in [2.45, 2.75) is 153 Å². The Hall–Kier alpha value is -8.34. The van der Waals surface area contributed by atoms with E-state index >= 15 is 0 Å². The van der Waals surface area contributed by atoms with Gasteiger partial charge in [-0.25, -0.2) is 4.99 Å². The van der Waals surface area contributed by atoms with E-state index in [1.807, 2.05) is 120 Å². The number of amides is 3. The number of aliphatic hydroxyl groups excluding tert-OH is 1. The van der Waals surface area contributed by atoms with Crippen molar-refractivity contribution in [3.05, 3.63) is 349 Å². The van der Waals surface area contributed by atoms with E-state index in [1.54, 1.807) is 54.4 Å². The molecule has 8 aliphatic heterocycles.